The average molecular weight is 678 g/mol. The first kappa shape index (κ1) is 31.4. The average Bonchev–Trinajstić information content (AvgIpc) is 3.51. The molecule has 2 N–H and O–H groups in total. The maximum atomic E-state index is 14.6. The van der Waals surface area contributed by atoms with Crippen molar-refractivity contribution in [2.24, 2.45) is 0 Å². The Morgan fingerprint density at radius 3 is 2.37 bits per heavy atom. The van der Waals surface area contributed by atoms with Crippen molar-refractivity contribution in [3.8, 4) is 17.1 Å². The Balaban J connectivity index is 1.25. The van der Waals surface area contributed by atoms with Gasteiger partial charge in [0.1, 0.15) is 0 Å². The summed E-state index contributed by atoms with van der Waals surface area (Å²) in [5.41, 5.74) is 6.84. The summed E-state index contributed by atoms with van der Waals surface area (Å²) < 4.78 is 32.3. The van der Waals surface area contributed by atoms with Gasteiger partial charge >= 0.3 is 10.2 Å². The van der Waals surface area contributed by atoms with E-state index in [-0.39, 0.29) is 23.9 Å². The van der Waals surface area contributed by atoms with Crippen LogP contribution in [0.25, 0.3) is 39.0 Å². The minimum absolute atomic E-state index is 0.0780. The van der Waals surface area contributed by atoms with Gasteiger partial charge in [-0.1, -0.05) is 67.8 Å². The number of amides is 2. The Labute approximate surface area is 285 Å². The number of benzene rings is 3. The van der Waals surface area contributed by atoms with E-state index in [2.05, 4.69) is 21.4 Å². The van der Waals surface area contributed by atoms with Crippen LogP contribution in [-0.2, 0) is 34.6 Å². The van der Waals surface area contributed by atoms with E-state index < -0.39 is 16.1 Å². The van der Waals surface area contributed by atoms with E-state index in [0.717, 1.165) is 74.2 Å². The van der Waals surface area contributed by atoms with Crippen molar-refractivity contribution >= 4 is 49.8 Å². The molecule has 3 aromatic carbocycles. The number of hydrogen-bond donors (Lipinski definition) is 2. The molecule has 11 heteroatoms. The molecule has 5 aromatic rings. The molecule has 0 unspecified atom stereocenters. The minimum atomic E-state index is -3.99. The molecular weight excluding hydrogens is 639 g/mol. The van der Waals surface area contributed by atoms with E-state index in [0.29, 0.717) is 31.1 Å². The van der Waals surface area contributed by atoms with Gasteiger partial charge in [-0.05, 0) is 54.2 Å². The molecule has 49 heavy (non-hydrogen) atoms. The molecule has 252 valence electrons. The van der Waals surface area contributed by atoms with Crippen molar-refractivity contribution in [3.63, 3.8) is 0 Å². The van der Waals surface area contributed by atoms with Gasteiger partial charge in [0, 0.05) is 71.3 Å². The van der Waals surface area contributed by atoms with Crippen molar-refractivity contribution in [2.75, 3.05) is 20.6 Å². The summed E-state index contributed by atoms with van der Waals surface area (Å²) in [5, 5.41) is 13.7. The van der Waals surface area contributed by atoms with Crippen molar-refractivity contribution in [1.29, 1.82) is 0 Å². The maximum Gasteiger partial charge on any atom is 0.303 e. The molecular formula is C38H39N5O5S. The van der Waals surface area contributed by atoms with Crippen molar-refractivity contribution < 1.29 is 23.1 Å². The number of hydrogen-bond acceptors (Lipinski definition) is 5. The standard InChI is InChI=1S/C38H39N5O5S/c1-40(2)49(47,48)39-36(44)26-16-17-31-32(21-26)43-22-27(20-25-12-6-7-13-28(25)35(43)34(31)24-10-4-3-5-11-24)37(45)41-18-19-42-33(23-41)29-14-8-9-15-30(29)38(42)46/h6-9,12-17,20-21,24,46H,3-5,10-11,18-19,22-23H2,1-2H3,(H,39,44). The van der Waals surface area contributed by atoms with Gasteiger partial charge in [-0.15, -0.1) is 0 Å². The number of fused-ring (bicyclic) bond motifs is 8. The van der Waals surface area contributed by atoms with Crippen molar-refractivity contribution in [3.05, 3.63) is 94.7 Å². The Hall–Kier alpha value is -4.87. The number of carbonyl (C=O) groups is 2. The number of carbonyl (C=O) groups excluding carboxylic acids is 2. The van der Waals surface area contributed by atoms with Crippen LogP contribution in [0, 0.1) is 0 Å². The molecule has 10 nitrogen and oxygen atoms in total. The molecule has 0 bridgehead atoms. The first-order valence-electron chi connectivity index (χ1n) is 16.9. The van der Waals surface area contributed by atoms with Crippen molar-refractivity contribution in [2.45, 2.75) is 57.7 Å². The second-order valence-electron chi connectivity index (χ2n) is 13.6. The van der Waals surface area contributed by atoms with Gasteiger partial charge in [0.25, 0.3) is 11.8 Å². The lowest BCUT2D eigenvalue weighted by atomic mass is 9.81. The zero-order valence-electron chi connectivity index (χ0n) is 27.6. The number of aromatic hydroxyl groups is 1. The highest BCUT2D eigenvalue weighted by Gasteiger charge is 2.33. The summed E-state index contributed by atoms with van der Waals surface area (Å²) >= 11 is 0. The second kappa shape index (κ2) is 11.9. The summed E-state index contributed by atoms with van der Waals surface area (Å²) in [6.07, 6.45) is 7.62. The van der Waals surface area contributed by atoms with Crippen LogP contribution < -0.4 is 4.72 Å². The Morgan fingerprint density at radius 2 is 1.59 bits per heavy atom. The normalized spacial score (nSPS) is 16.6. The van der Waals surface area contributed by atoms with Crippen LogP contribution in [0.15, 0.2) is 72.3 Å². The van der Waals surface area contributed by atoms with Gasteiger partial charge in [-0.3, -0.25) is 9.59 Å². The molecule has 4 heterocycles. The lowest BCUT2D eigenvalue weighted by Crippen LogP contribution is -2.39. The Bertz CT molecular complexity index is 2310. The number of nitrogens with one attached hydrogen (secondary N) is 1. The predicted octanol–water partition coefficient (Wildman–Crippen LogP) is 5.99. The fourth-order valence-corrected chi connectivity index (χ4v) is 8.57. The molecule has 0 atom stereocenters. The minimum Gasteiger partial charge on any atom is -0.494 e. The SMILES string of the molecule is CN(C)S(=O)(=O)NC(=O)c1ccc2c(C3CCCCC3)c3n(c2c1)CC(C(=O)N1CCn2c(O)c4ccccc4c2C1)=Cc1ccccc1-3. The quantitative estimate of drug-likeness (QED) is 0.237. The van der Waals surface area contributed by atoms with Gasteiger partial charge in [-0.2, -0.15) is 12.7 Å². The highest BCUT2D eigenvalue weighted by Crippen LogP contribution is 2.47. The molecule has 0 radical (unpaired) electrons. The van der Waals surface area contributed by atoms with Gasteiger partial charge in [-0.25, -0.2) is 4.72 Å². The van der Waals surface area contributed by atoms with E-state index in [1.165, 1.54) is 26.1 Å². The van der Waals surface area contributed by atoms with Gasteiger partial charge in [0.2, 0.25) is 0 Å². The summed E-state index contributed by atoms with van der Waals surface area (Å²) in [7, 11) is -1.25. The second-order valence-corrected chi connectivity index (χ2v) is 15.5. The van der Waals surface area contributed by atoms with Crippen LogP contribution in [0.2, 0.25) is 0 Å². The lowest BCUT2D eigenvalue weighted by Gasteiger charge is -2.30. The highest BCUT2D eigenvalue weighted by molar-refractivity contribution is 7.87. The first-order chi connectivity index (χ1) is 23.6. The van der Waals surface area contributed by atoms with Crippen molar-refractivity contribution in [1.82, 2.24) is 23.1 Å². The van der Waals surface area contributed by atoms with Gasteiger partial charge in [0.15, 0.2) is 5.88 Å². The van der Waals surface area contributed by atoms with Gasteiger partial charge in [0.05, 0.1) is 18.8 Å². The molecule has 3 aliphatic rings. The first-order valence-corrected chi connectivity index (χ1v) is 18.4. The fraction of sp³-hybridized carbons (Fsp3) is 0.316. The maximum absolute atomic E-state index is 14.6. The zero-order chi connectivity index (χ0) is 34.0. The van der Waals surface area contributed by atoms with E-state index in [4.69, 9.17) is 0 Å². The largest absolute Gasteiger partial charge is 0.494 e. The molecule has 8 rings (SSSR count). The molecule has 2 aromatic heterocycles. The van der Waals surface area contributed by atoms with Crippen LogP contribution in [0.4, 0.5) is 0 Å². The summed E-state index contributed by atoms with van der Waals surface area (Å²) in [4.78, 5) is 29.7. The van der Waals surface area contributed by atoms with E-state index in [1.807, 2.05) is 58.0 Å². The Morgan fingerprint density at radius 1 is 0.857 bits per heavy atom. The van der Waals surface area contributed by atoms with Crippen LogP contribution in [-0.4, -0.2) is 64.3 Å². The predicted molar refractivity (Wildman–Crippen MR) is 190 cm³/mol. The fourth-order valence-electron chi connectivity index (χ4n) is 8.03. The molecule has 0 saturated heterocycles. The molecule has 1 saturated carbocycles. The number of rotatable bonds is 5. The topological polar surface area (TPSA) is 117 Å². The van der Waals surface area contributed by atoms with Crippen LogP contribution >= 0.6 is 0 Å². The van der Waals surface area contributed by atoms with Crippen LogP contribution in [0.3, 0.4) is 0 Å². The molecule has 0 spiro atoms. The number of aromatic nitrogens is 2. The molecule has 2 amide bonds. The molecule has 1 fully saturated rings. The summed E-state index contributed by atoms with van der Waals surface area (Å²) in [6, 6.07) is 21.3. The third-order valence-electron chi connectivity index (χ3n) is 10.5. The molecule has 2 aliphatic heterocycles. The zero-order valence-corrected chi connectivity index (χ0v) is 28.5. The van der Waals surface area contributed by atoms with Crippen LogP contribution in [0.1, 0.15) is 65.2 Å². The Kier molecular flexibility index (Phi) is 7.64. The summed E-state index contributed by atoms with van der Waals surface area (Å²) in [6.45, 7) is 1.60. The molecule has 1 aliphatic carbocycles. The van der Waals surface area contributed by atoms with E-state index >= 15 is 0 Å². The third kappa shape index (κ3) is 5.23. The van der Waals surface area contributed by atoms with E-state index in [9.17, 15) is 23.1 Å². The summed E-state index contributed by atoms with van der Waals surface area (Å²) in [5.74, 6) is -0.233. The highest BCUT2D eigenvalue weighted by atomic mass is 32.2. The van der Waals surface area contributed by atoms with E-state index in [1.54, 1.807) is 12.1 Å². The number of nitrogens with zero attached hydrogens (tertiary/aromatic N) is 4. The van der Waals surface area contributed by atoms with Gasteiger partial charge < -0.3 is 19.1 Å². The monoisotopic (exact) mass is 677 g/mol. The lowest BCUT2D eigenvalue weighted by molar-refractivity contribution is -0.128. The smallest absolute Gasteiger partial charge is 0.303 e. The third-order valence-corrected chi connectivity index (χ3v) is 11.9. The van der Waals surface area contributed by atoms with Crippen LogP contribution in [0.5, 0.6) is 5.88 Å².